The van der Waals surface area contributed by atoms with Crippen LogP contribution in [0.3, 0.4) is 0 Å². The van der Waals surface area contributed by atoms with Gasteiger partial charge >= 0.3 is 0 Å². The van der Waals surface area contributed by atoms with E-state index in [9.17, 15) is 9.59 Å². The second kappa shape index (κ2) is 8.99. The molecule has 33 heavy (non-hydrogen) atoms. The number of amides is 1. The molecule has 0 spiro atoms. The van der Waals surface area contributed by atoms with Gasteiger partial charge in [0, 0.05) is 56.2 Å². The van der Waals surface area contributed by atoms with Crippen molar-refractivity contribution in [2.45, 2.75) is 32.9 Å². The number of hydrogen-bond donors (Lipinski definition) is 2. The average Bonchev–Trinajstić information content (AvgIpc) is 3.17. The Kier molecular flexibility index (Phi) is 5.90. The number of nitrogens with zero attached hydrogens (tertiary/aromatic N) is 4. The summed E-state index contributed by atoms with van der Waals surface area (Å²) in [6, 6.07) is 5.99. The summed E-state index contributed by atoms with van der Waals surface area (Å²) in [5.74, 6) is -0.147. The molecule has 9 nitrogen and oxygen atoms in total. The maximum absolute atomic E-state index is 12.4. The van der Waals surface area contributed by atoms with Crippen molar-refractivity contribution in [2.24, 2.45) is 0 Å². The fourth-order valence-electron chi connectivity index (χ4n) is 4.52. The highest BCUT2D eigenvalue weighted by molar-refractivity contribution is 5.93. The molecule has 5 heterocycles. The lowest BCUT2D eigenvalue weighted by Gasteiger charge is -2.36. The van der Waals surface area contributed by atoms with Gasteiger partial charge in [0.1, 0.15) is 11.3 Å². The normalized spacial score (nSPS) is 17.3. The Labute approximate surface area is 192 Å². The van der Waals surface area contributed by atoms with Crippen LogP contribution in [0.2, 0.25) is 0 Å². The van der Waals surface area contributed by atoms with E-state index in [0.29, 0.717) is 18.9 Å². The van der Waals surface area contributed by atoms with E-state index >= 15 is 0 Å². The topological polar surface area (TPSA) is 95.0 Å². The van der Waals surface area contributed by atoms with Gasteiger partial charge in [-0.15, -0.1) is 0 Å². The molecule has 3 aromatic heterocycles. The predicted octanol–water partition coefficient (Wildman–Crippen LogP) is 1.34. The molecule has 0 aromatic carbocycles. The predicted molar refractivity (Wildman–Crippen MR) is 126 cm³/mol. The van der Waals surface area contributed by atoms with Gasteiger partial charge < -0.3 is 24.3 Å². The summed E-state index contributed by atoms with van der Waals surface area (Å²) in [7, 11) is 0. The van der Waals surface area contributed by atoms with E-state index in [1.54, 1.807) is 6.07 Å². The molecule has 2 saturated heterocycles. The first kappa shape index (κ1) is 21.7. The van der Waals surface area contributed by atoms with Crippen LogP contribution >= 0.6 is 0 Å². The standard InChI is InChI=1S/C24H30N6O3/c1-3-17-13-30-7-6-18(22(30)27-23(17)31)12-28-8-10-29(11-9-28)21-5-4-20(25-16(21)2)24(32)26-19-14-33-15-19/h4-7,13,19H,3,8-12,14-15H2,1-2H3,(H,26,32)(H,27,31). The number of ether oxygens (including phenoxy) is 1. The number of aromatic amines is 1. The minimum atomic E-state index is -0.147. The second-order valence-corrected chi connectivity index (χ2v) is 8.83. The third-order valence-electron chi connectivity index (χ3n) is 6.57. The van der Waals surface area contributed by atoms with E-state index in [0.717, 1.165) is 67.3 Å². The molecule has 2 fully saturated rings. The number of anilines is 1. The van der Waals surface area contributed by atoms with Crippen molar-refractivity contribution in [2.75, 3.05) is 44.3 Å². The number of carbonyl (C=O) groups excluding carboxylic acids is 1. The lowest BCUT2D eigenvalue weighted by Crippen LogP contribution is -2.48. The fourth-order valence-corrected chi connectivity index (χ4v) is 4.52. The molecule has 0 atom stereocenters. The Morgan fingerprint density at radius 1 is 1.18 bits per heavy atom. The largest absolute Gasteiger partial charge is 0.377 e. The van der Waals surface area contributed by atoms with Crippen LogP contribution < -0.4 is 15.8 Å². The van der Waals surface area contributed by atoms with Gasteiger partial charge in [-0.3, -0.25) is 14.5 Å². The molecule has 0 bridgehead atoms. The van der Waals surface area contributed by atoms with E-state index in [-0.39, 0.29) is 17.5 Å². The SMILES string of the molecule is CCc1cn2ccc(CN3CCN(c4ccc(C(=O)NC5COC5)nc4C)CC3)c2[nH]c1=O. The van der Waals surface area contributed by atoms with Crippen molar-refractivity contribution in [1.82, 2.24) is 24.6 Å². The fraction of sp³-hybridized carbons (Fsp3) is 0.458. The van der Waals surface area contributed by atoms with Crippen molar-refractivity contribution in [1.29, 1.82) is 0 Å². The van der Waals surface area contributed by atoms with Gasteiger partial charge in [0.15, 0.2) is 0 Å². The van der Waals surface area contributed by atoms with Gasteiger partial charge in [-0.25, -0.2) is 4.98 Å². The first-order valence-electron chi connectivity index (χ1n) is 11.6. The van der Waals surface area contributed by atoms with Crippen molar-refractivity contribution >= 4 is 17.2 Å². The van der Waals surface area contributed by atoms with Crippen LogP contribution in [0, 0.1) is 6.92 Å². The van der Waals surface area contributed by atoms with Gasteiger partial charge in [-0.1, -0.05) is 6.92 Å². The number of aromatic nitrogens is 3. The number of rotatable bonds is 6. The summed E-state index contributed by atoms with van der Waals surface area (Å²) in [6.45, 7) is 9.49. The van der Waals surface area contributed by atoms with Crippen LogP contribution in [0.1, 0.15) is 34.2 Å². The number of H-pyrrole nitrogens is 1. The Bertz CT molecular complexity index is 1220. The molecule has 9 heteroatoms. The van der Waals surface area contributed by atoms with Crippen LogP contribution in [0.5, 0.6) is 0 Å². The number of hydrogen-bond acceptors (Lipinski definition) is 6. The van der Waals surface area contributed by atoms with Gasteiger partial charge in [-0.05, 0) is 31.5 Å². The molecule has 174 valence electrons. The summed E-state index contributed by atoms with van der Waals surface area (Å²) in [4.78, 5) is 36.9. The van der Waals surface area contributed by atoms with Gasteiger partial charge in [-0.2, -0.15) is 0 Å². The van der Waals surface area contributed by atoms with Crippen LogP contribution in [0.4, 0.5) is 5.69 Å². The molecule has 2 aliphatic heterocycles. The maximum atomic E-state index is 12.4. The molecule has 0 aliphatic carbocycles. The molecule has 0 unspecified atom stereocenters. The zero-order valence-electron chi connectivity index (χ0n) is 19.1. The number of fused-ring (bicyclic) bond motifs is 1. The van der Waals surface area contributed by atoms with Crippen molar-refractivity contribution in [3.63, 3.8) is 0 Å². The molecular formula is C24H30N6O3. The summed E-state index contributed by atoms with van der Waals surface area (Å²) in [5, 5.41) is 2.94. The molecule has 2 aliphatic rings. The van der Waals surface area contributed by atoms with Gasteiger partial charge in [0.05, 0.1) is 30.6 Å². The van der Waals surface area contributed by atoms with Crippen LogP contribution in [-0.2, 0) is 17.7 Å². The van der Waals surface area contributed by atoms with Crippen molar-refractivity contribution < 1.29 is 9.53 Å². The number of piperazine rings is 1. The summed E-state index contributed by atoms with van der Waals surface area (Å²) < 4.78 is 7.12. The lowest BCUT2D eigenvalue weighted by molar-refractivity contribution is -0.00355. The Balaban J connectivity index is 1.21. The molecular weight excluding hydrogens is 420 g/mol. The number of carbonyl (C=O) groups is 1. The molecule has 0 saturated carbocycles. The summed E-state index contributed by atoms with van der Waals surface area (Å²) in [6.07, 6.45) is 4.66. The van der Waals surface area contributed by atoms with Crippen LogP contribution in [0.25, 0.3) is 5.65 Å². The minimum absolute atomic E-state index is 0.00380. The first-order valence-corrected chi connectivity index (χ1v) is 11.6. The molecule has 1 amide bonds. The molecule has 0 radical (unpaired) electrons. The highest BCUT2D eigenvalue weighted by atomic mass is 16.5. The van der Waals surface area contributed by atoms with Crippen LogP contribution in [0.15, 0.2) is 35.4 Å². The lowest BCUT2D eigenvalue weighted by atomic mass is 10.2. The Morgan fingerprint density at radius 2 is 1.97 bits per heavy atom. The third kappa shape index (κ3) is 4.38. The van der Waals surface area contributed by atoms with E-state index in [1.807, 2.05) is 36.7 Å². The van der Waals surface area contributed by atoms with Crippen molar-refractivity contribution in [3.8, 4) is 0 Å². The van der Waals surface area contributed by atoms with E-state index in [2.05, 4.69) is 31.2 Å². The summed E-state index contributed by atoms with van der Waals surface area (Å²) in [5.41, 5.74) is 5.18. The monoisotopic (exact) mass is 450 g/mol. The third-order valence-corrected chi connectivity index (χ3v) is 6.57. The number of aryl methyl sites for hydroxylation is 2. The molecule has 2 N–H and O–H groups in total. The second-order valence-electron chi connectivity index (χ2n) is 8.83. The zero-order chi connectivity index (χ0) is 22.9. The Morgan fingerprint density at radius 3 is 2.64 bits per heavy atom. The summed E-state index contributed by atoms with van der Waals surface area (Å²) >= 11 is 0. The maximum Gasteiger partial charge on any atom is 0.270 e. The number of pyridine rings is 1. The minimum Gasteiger partial charge on any atom is -0.377 e. The average molecular weight is 451 g/mol. The molecule has 5 rings (SSSR count). The smallest absolute Gasteiger partial charge is 0.270 e. The number of nitrogens with one attached hydrogen (secondary N) is 2. The van der Waals surface area contributed by atoms with Crippen molar-refractivity contribution in [3.05, 3.63) is 63.5 Å². The van der Waals surface area contributed by atoms with E-state index in [4.69, 9.17) is 4.74 Å². The molecule has 3 aromatic rings. The van der Waals surface area contributed by atoms with Gasteiger partial charge in [0.2, 0.25) is 0 Å². The van der Waals surface area contributed by atoms with E-state index < -0.39 is 0 Å². The first-order chi connectivity index (χ1) is 16.0. The highest BCUT2D eigenvalue weighted by Crippen LogP contribution is 2.22. The zero-order valence-corrected chi connectivity index (χ0v) is 19.1. The van der Waals surface area contributed by atoms with E-state index in [1.165, 1.54) is 0 Å². The Hall–Kier alpha value is -3.17. The quantitative estimate of drug-likeness (QED) is 0.589. The van der Waals surface area contributed by atoms with Gasteiger partial charge in [0.25, 0.3) is 11.5 Å². The van der Waals surface area contributed by atoms with Crippen LogP contribution in [-0.4, -0.2) is 70.6 Å². The highest BCUT2D eigenvalue weighted by Gasteiger charge is 2.23.